The van der Waals surface area contributed by atoms with Crippen molar-refractivity contribution in [1.29, 1.82) is 0 Å². The molecule has 1 amide bonds. The molecule has 3 aromatic rings. The molecule has 7 heteroatoms. The van der Waals surface area contributed by atoms with Gasteiger partial charge in [-0.3, -0.25) is 9.10 Å². The zero-order valence-corrected chi connectivity index (χ0v) is 23.1. The van der Waals surface area contributed by atoms with Crippen molar-refractivity contribution >= 4 is 38.9 Å². The molecule has 0 aromatic heterocycles. The van der Waals surface area contributed by atoms with E-state index >= 15 is 0 Å². The Morgan fingerprint density at radius 1 is 0.921 bits per heavy atom. The molecule has 0 radical (unpaired) electrons. The van der Waals surface area contributed by atoms with Gasteiger partial charge >= 0.3 is 0 Å². The van der Waals surface area contributed by atoms with Gasteiger partial charge in [0, 0.05) is 10.7 Å². The Hall–Kier alpha value is -2.83. The Balaban J connectivity index is 1.23. The molecule has 7 rings (SSSR count). The van der Waals surface area contributed by atoms with Gasteiger partial charge < -0.3 is 5.32 Å². The number of carbonyl (C=O) groups is 1. The lowest BCUT2D eigenvalue weighted by Gasteiger charge is -2.57. The maximum absolute atomic E-state index is 13.6. The minimum atomic E-state index is -4.00. The summed E-state index contributed by atoms with van der Waals surface area (Å²) in [5.41, 5.74) is 3.44. The summed E-state index contributed by atoms with van der Waals surface area (Å²) < 4.78 is 28.4. The Morgan fingerprint density at radius 3 is 2.13 bits per heavy atom. The summed E-state index contributed by atoms with van der Waals surface area (Å²) in [4.78, 5) is 13.3. The predicted octanol–water partition coefficient (Wildman–Crippen LogP) is 6.95. The van der Waals surface area contributed by atoms with Crippen LogP contribution in [0, 0.1) is 24.7 Å². The van der Waals surface area contributed by atoms with Crippen LogP contribution < -0.4 is 9.62 Å². The SMILES string of the molecule is Cc1ccc(Cl)cc1N(CC(=O)Nc1ccc(C23CC4CC(CC(C4)C2)C3)cc1)S(=O)(=O)c1ccccc1. The zero-order chi connectivity index (χ0) is 26.5. The summed E-state index contributed by atoms with van der Waals surface area (Å²) in [5, 5.41) is 3.33. The predicted molar refractivity (Wildman–Crippen MR) is 152 cm³/mol. The first-order chi connectivity index (χ1) is 18.2. The highest BCUT2D eigenvalue weighted by molar-refractivity contribution is 7.92. The van der Waals surface area contributed by atoms with E-state index in [0.717, 1.165) is 22.1 Å². The number of aryl methyl sites for hydroxylation is 1. The number of hydrogen-bond donors (Lipinski definition) is 1. The molecule has 3 aromatic carbocycles. The summed E-state index contributed by atoms with van der Waals surface area (Å²) in [5.74, 6) is 2.20. The Kier molecular flexibility index (Phi) is 6.51. The Labute approximate surface area is 230 Å². The highest BCUT2D eigenvalue weighted by Gasteiger charge is 2.51. The Bertz CT molecular complexity index is 1420. The van der Waals surface area contributed by atoms with Crippen molar-refractivity contribution in [3.05, 3.63) is 88.9 Å². The fourth-order valence-corrected chi connectivity index (χ4v) is 9.24. The van der Waals surface area contributed by atoms with E-state index < -0.39 is 15.9 Å². The largest absolute Gasteiger partial charge is 0.325 e. The minimum Gasteiger partial charge on any atom is -0.325 e. The molecule has 4 bridgehead atoms. The van der Waals surface area contributed by atoms with Gasteiger partial charge in [-0.2, -0.15) is 0 Å². The highest BCUT2D eigenvalue weighted by Crippen LogP contribution is 2.60. The van der Waals surface area contributed by atoms with Crippen LogP contribution in [-0.4, -0.2) is 20.9 Å². The Morgan fingerprint density at radius 2 is 1.53 bits per heavy atom. The second-order valence-corrected chi connectivity index (χ2v) is 13.9. The van der Waals surface area contributed by atoms with Gasteiger partial charge in [0.15, 0.2) is 0 Å². The molecule has 4 aliphatic carbocycles. The summed E-state index contributed by atoms with van der Waals surface area (Å²) in [6.45, 7) is 1.44. The maximum atomic E-state index is 13.6. The molecule has 0 spiro atoms. The number of carbonyl (C=O) groups excluding carboxylic acids is 1. The number of anilines is 2. The number of benzene rings is 3. The van der Waals surface area contributed by atoms with E-state index in [1.807, 2.05) is 12.1 Å². The first kappa shape index (κ1) is 25.4. The van der Waals surface area contributed by atoms with Gasteiger partial charge in [0.05, 0.1) is 10.6 Å². The van der Waals surface area contributed by atoms with Crippen molar-refractivity contribution in [2.24, 2.45) is 17.8 Å². The first-order valence-corrected chi connectivity index (χ1v) is 15.3. The van der Waals surface area contributed by atoms with Crippen LogP contribution in [0.15, 0.2) is 77.7 Å². The van der Waals surface area contributed by atoms with Crippen molar-refractivity contribution < 1.29 is 13.2 Å². The van der Waals surface area contributed by atoms with E-state index in [0.29, 0.717) is 27.4 Å². The smallest absolute Gasteiger partial charge is 0.264 e. The van der Waals surface area contributed by atoms with Gasteiger partial charge in [0.1, 0.15) is 6.54 Å². The summed E-state index contributed by atoms with van der Waals surface area (Å²) >= 11 is 6.23. The standard InChI is InChI=1S/C31H33ClN2O3S/c1-21-7-10-26(32)16-29(21)34(38(36,37)28-5-3-2-4-6-28)20-30(35)33-27-11-8-25(9-12-27)31-17-22-13-23(18-31)15-24(14-22)19-31/h2-12,16,22-24H,13-15,17-20H2,1H3,(H,33,35). The first-order valence-electron chi connectivity index (χ1n) is 13.5. The van der Waals surface area contributed by atoms with Gasteiger partial charge in [0.2, 0.25) is 5.91 Å². The molecule has 1 N–H and O–H groups in total. The summed E-state index contributed by atoms with van der Waals surface area (Å²) in [7, 11) is -4.00. The molecule has 0 atom stereocenters. The molecule has 4 fully saturated rings. The van der Waals surface area contributed by atoms with E-state index in [1.54, 1.807) is 43.3 Å². The number of rotatable bonds is 7. The number of amides is 1. The van der Waals surface area contributed by atoms with Gasteiger partial charge in [-0.05, 0) is 116 Å². The molecule has 0 saturated heterocycles. The van der Waals surface area contributed by atoms with Crippen LogP contribution in [0.3, 0.4) is 0 Å². The van der Waals surface area contributed by atoms with Crippen LogP contribution in [0.5, 0.6) is 0 Å². The van der Waals surface area contributed by atoms with Crippen LogP contribution in [0.2, 0.25) is 5.02 Å². The number of hydrogen-bond acceptors (Lipinski definition) is 3. The van der Waals surface area contributed by atoms with Crippen LogP contribution >= 0.6 is 11.6 Å². The summed E-state index contributed by atoms with van der Waals surface area (Å²) in [6.07, 6.45) is 8.08. The molecule has 198 valence electrons. The van der Waals surface area contributed by atoms with Crippen LogP contribution in [0.4, 0.5) is 11.4 Å². The lowest BCUT2D eigenvalue weighted by molar-refractivity contribution is -0.114. The average molecular weight is 549 g/mol. The van der Waals surface area contributed by atoms with E-state index in [9.17, 15) is 13.2 Å². The number of halogens is 1. The third-order valence-electron chi connectivity index (χ3n) is 8.88. The van der Waals surface area contributed by atoms with E-state index in [1.165, 1.54) is 56.2 Å². The monoisotopic (exact) mass is 548 g/mol. The highest BCUT2D eigenvalue weighted by atomic mass is 35.5. The van der Waals surface area contributed by atoms with Gasteiger partial charge in [-0.25, -0.2) is 8.42 Å². The second kappa shape index (κ2) is 9.73. The van der Waals surface area contributed by atoms with Gasteiger partial charge in [0.25, 0.3) is 10.0 Å². The fraction of sp³-hybridized carbons (Fsp3) is 0.387. The van der Waals surface area contributed by atoms with Crippen molar-refractivity contribution in [3.63, 3.8) is 0 Å². The molecule has 4 saturated carbocycles. The third-order valence-corrected chi connectivity index (χ3v) is 10.9. The van der Waals surface area contributed by atoms with Gasteiger partial charge in [-0.1, -0.05) is 48.0 Å². The number of sulfonamides is 1. The number of nitrogens with one attached hydrogen (secondary N) is 1. The van der Waals surface area contributed by atoms with E-state index in [-0.39, 0.29) is 11.4 Å². The van der Waals surface area contributed by atoms with E-state index in [2.05, 4.69) is 17.4 Å². The van der Waals surface area contributed by atoms with Crippen LogP contribution in [0.1, 0.15) is 49.7 Å². The zero-order valence-electron chi connectivity index (χ0n) is 21.6. The average Bonchev–Trinajstić information content (AvgIpc) is 2.89. The van der Waals surface area contributed by atoms with Crippen molar-refractivity contribution in [2.45, 2.75) is 55.8 Å². The van der Waals surface area contributed by atoms with Crippen molar-refractivity contribution in [2.75, 3.05) is 16.2 Å². The number of nitrogens with zero attached hydrogens (tertiary/aromatic N) is 1. The molecular formula is C31H33ClN2O3S. The lowest BCUT2D eigenvalue weighted by Crippen LogP contribution is -2.48. The molecule has 0 aliphatic heterocycles. The molecule has 38 heavy (non-hydrogen) atoms. The molecule has 0 unspecified atom stereocenters. The topological polar surface area (TPSA) is 66.5 Å². The molecule has 4 aliphatic rings. The third kappa shape index (κ3) is 4.73. The van der Waals surface area contributed by atoms with Crippen molar-refractivity contribution in [1.82, 2.24) is 0 Å². The normalized spacial score (nSPS) is 25.8. The molecule has 0 heterocycles. The van der Waals surface area contributed by atoms with E-state index in [4.69, 9.17) is 11.6 Å². The minimum absolute atomic E-state index is 0.118. The quantitative estimate of drug-likeness (QED) is 0.347. The summed E-state index contributed by atoms with van der Waals surface area (Å²) in [6, 6.07) is 21.5. The van der Waals surface area contributed by atoms with Crippen LogP contribution in [-0.2, 0) is 20.2 Å². The lowest BCUT2D eigenvalue weighted by atomic mass is 9.48. The fourth-order valence-electron chi connectivity index (χ4n) is 7.57. The molecular weight excluding hydrogens is 516 g/mol. The molecule has 5 nitrogen and oxygen atoms in total. The van der Waals surface area contributed by atoms with Gasteiger partial charge in [-0.15, -0.1) is 0 Å². The van der Waals surface area contributed by atoms with Crippen LogP contribution in [0.25, 0.3) is 0 Å². The van der Waals surface area contributed by atoms with Crippen molar-refractivity contribution in [3.8, 4) is 0 Å². The second-order valence-electron chi connectivity index (χ2n) is 11.6. The maximum Gasteiger partial charge on any atom is 0.264 e.